The first-order valence-electron chi connectivity index (χ1n) is 8.08. The summed E-state index contributed by atoms with van der Waals surface area (Å²) in [4.78, 5) is 7.40. The van der Waals surface area contributed by atoms with Crippen molar-refractivity contribution in [2.24, 2.45) is 5.92 Å². The van der Waals surface area contributed by atoms with Gasteiger partial charge in [-0.15, -0.1) is 0 Å². The second-order valence-corrected chi connectivity index (χ2v) is 6.12. The van der Waals surface area contributed by atoms with Gasteiger partial charge >= 0.3 is 0 Å². The molecule has 2 rings (SSSR count). The maximum absolute atomic E-state index is 3.86. The van der Waals surface area contributed by atoms with Gasteiger partial charge in [0.05, 0.1) is 0 Å². The van der Waals surface area contributed by atoms with E-state index in [1.54, 1.807) is 0 Å². The van der Waals surface area contributed by atoms with E-state index in [4.69, 9.17) is 0 Å². The van der Waals surface area contributed by atoms with Crippen molar-refractivity contribution >= 4 is 0 Å². The Kier molecular flexibility index (Phi) is 8.67. The lowest BCUT2D eigenvalue weighted by Crippen LogP contribution is -2.46. The minimum absolute atomic E-state index is 0.978. The maximum atomic E-state index is 3.86. The normalized spacial score (nSPS) is 24.0. The summed E-state index contributed by atoms with van der Waals surface area (Å²) < 4.78 is 0. The smallest absolute Gasteiger partial charge is 0.0110 e. The van der Waals surface area contributed by atoms with Crippen LogP contribution in [0.1, 0.15) is 33.1 Å². The van der Waals surface area contributed by atoms with E-state index in [9.17, 15) is 0 Å². The predicted molar refractivity (Wildman–Crippen MR) is 84.4 cm³/mol. The van der Waals surface area contributed by atoms with E-state index >= 15 is 0 Å². The maximum Gasteiger partial charge on any atom is 0.0110 e. The fraction of sp³-hybridized carbons (Fsp3) is 0.938. The molecule has 0 amide bonds. The molecule has 3 nitrogen and oxygen atoms in total. The van der Waals surface area contributed by atoms with Gasteiger partial charge in [0.15, 0.2) is 0 Å². The van der Waals surface area contributed by atoms with Gasteiger partial charge in [-0.1, -0.05) is 20.8 Å². The standard InChI is InChI=1S/C9H19N2.C7H15N/c1-3-5-11-8-6-10(4-2)7-9-11;1-7-3-5-8(2)6-4-7/h1,3-9H2,2H3;7H,3-6H2,1-2H3. The van der Waals surface area contributed by atoms with Crippen molar-refractivity contribution in [2.75, 3.05) is 59.4 Å². The van der Waals surface area contributed by atoms with Crippen LogP contribution in [0.25, 0.3) is 0 Å². The summed E-state index contributed by atoms with van der Waals surface area (Å²) in [5.74, 6) is 0.978. The van der Waals surface area contributed by atoms with Gasteiger partial charge in [0, 0.05) is 26.2 Å². The van der Waals surface area contributed by atoms with Gasteiger partial charge in [-0.3, -0.25) is 0 Å². The molecule has 1 radical (unpaired) electrons. The molecule has 2 aliphatic heterocycles. The number of rotatable bonds is 3. The molecule has 2 aliphatic rings. The van der Waals surface area contributed by atoms with Crippen LogP contribution in [0.3, 0.4) is 0 Å². The zero-order chi connectivity index (χ0) is 14.1. The Morgan fingerprint density at radius 3 is 1.89 bits per heavy atom. The van der Waals surface area contributed by atoms with Crippen LogP contribution >= 0.6 is 0 Å². The summed E-state index contributed by atoms with van der Waals surface area (Å²) in [6.45, 7) is 18.4. The van der Waals surface area contributed by atoms with Crippen molar-refractivity contribution in [3.8, 4) is 0 Å². The van der Waals surface area contributed by atoms with Crippen LogP contribution in [-0.4, -0.2) is 74.1 Å². The van der Waals surface area contributed by atoms with E-state index in [0.29, 0.717) is 0 Å². The molecule has 0 aromatic rings. The summed E-state index contributed by atoms with van der Waals surface area (Å²) in [6, 6.07) is 0. The number of nitrogens with zero attached hydrogens (tertiary/aromatic N) is 3. The van der Waals surface area contributed by atoms with Crippen molar-refractivity contribution in [1.29, 1.82) is 0 Å². The van der Waals surface area contributed by atoms with Crippen molar-refractivity contribution in [3.05, 3.63) is 6.92 Å². The number of likely N-dealkylation sites (N-methyl/N-ethyl adjacent to an activating group) is 1. The van der Waals surface area contributed by atoms with Crippen LogP contribution < -0.4 is 0 Å². The number of hydrogen-bond acceptors (Lipinski definition) is 3. The summed E-state index contributed by atoms with van der Waals surface area (Å²) >= 11 is 0. The zero-order valence-electron chi connectivity index (χ0n) is 13.4. The van der Waals surface area contributed by atoms with Gasteiger partial charge < -0.3 is 14.7 Å². The number of hydrogen-bond donors (Lipinski definition) is 0. The fourth-order valence-electron chi connectivity index (χ4n) is 2.69. The van der Waals surface area contributed by atoms with Gasteiger partial charge in [-0.05, 0) is 58.4 Å². The highest BCUT2D eigenvalue weighted by atomic mass is 15.3. The summed E-state index contributed by atoms with van der Waals surface area (Å²) in [6.07, 6.45) is 3.85. The third kappa shape index (κ3) is 7.28. The highest BCUT2D eigenvalue weighted by molar-refractivity contribution is 4.70. The molecule has 0 atom stereocenters. The van der Waals surface area contributed by atoms with Crippen LogP contribution in [0.2, 0.25) is 0 Å². The topological polar surface area (TPSA) is 9.72 Å². The van der Waals surface area contributed by atoms with E-state index < -0.39 is 0 Å². The molecular weight excluding hydrogens is 234 g/mol. The lowest BCUT2D eigenvalue weighted by Gasteiger charge is -2.33. The second kappa shape index (κ2) is 9.73. The van der Waals surface area contributed by atoms with E-state index in [-0.39, 0.29) is 0 Å². The Balaban J connectivity index is 0.000000200. The van der Waals surface area contributed by atoms with Crippen LogP contribution in [0.5, 0.6) is 0 Å². The Morgan fingerprint density at radius 2 is 1.47 bits per heavy atom. The van der Waals surface area contributed by atoms with E-state index in [0.717, 1.165) is 12.3 Å². The summed E-state index contributed by atoms with van der Waals surface area (Å²) in [5, 5.41) is 0. The van der Waals surface area contributed by atoms with Gasteiger partial charge in [0.2, 0.25) is 0 Å². The molecule has 113 valence electrons. The average Bonchev–Trinajstić information content (AvgIpc) is 2.44. The highest BCUT2D eigenvalue weighted by Gasteiger charge is 2.13. The van der Waals surface area contributed by atoms with Crippen molar-refractivity contribution in [1.82, 2.24) is 14.7 Å². The van der Waals surface area contributed by atoms with Gasteiger partial charge in [-0.2, -0.15) is 0 Å². The molecule has 2 saturated heterocycles. The molecule has 0 aliphatic carbocycles. The average molecular weight is 268 g/mol. The van der Waals surface area contributed by atoms with Crippen LogP contribution in [-0.2, 0) is 0 Å². The quantitative estimate of drug-likeness (QED) is 0.777. The van der Waals surface area contributed by atoms with E-state index in [1.807, 2.05) is 0 Å². The third-order valence-electron chi connectivity index (χ3n) is 4.39. The molecule has 3 heteroatoms. The Labute approximate surface area is 120 Å². The molecule has 0 saturated carbocycles. The minimum atomic E-state index is 0.978. The SMILES string of the molecule is CC1CCN(C)CC1.[CH2]CCN1CCN(CC)CC1. The third-order valence-corrected chi connectivity index (χ3v) is 4.39. The van der Waals surface area contributed by atoms with Crippen LogP contribution in [0.4, 0.5) is 0 Å². The predicted octanol–water partition coefficient (Wildman–Crippen LogP) is 2.20. The Morgan fingerprint density at radius 1 is 0.947 bits per heavy atom. The van der Waals surface area contributed by atoms with E-state index in [2.05, 4.69) is 42.5 Å². The Bertz CT molecular complexity index is 194. The largest absolute Gasteiger partial charge is 0.306 e. The molecule has 0 aromatic heterocycles. The molecule has 0 aromatic carbocycles. The number of likely N-dealkylation sites (tertiary alicyclic amines) is 1. The lowest BCUT2D eigenvalue weighted by atomic mass is 10.00. The molecule has 0 N–H and O–H groups in total. The monoisotopic (exact) mass is 268 g/mol. The minimum Gasteiger partial charge on any atom is -0.306 e. The number of piperazine rings is 1. The first kappa shape index (κ1) is 16.9. The van der Waals surface area contributed by atoms with Gasteiger partial charge in [0.25, 0.3) is 0 Å². The molecule has 19 heavy (non-hydrogen) atoms. The molecule has 2 fully saturated rings. The Hall–Kier alpha value is -0.120. The molecule has 0 spiro atoms. The van der Waals surface area contributed by atoms with Crippen molar-refractivity contribution in [3.63, 3.8) is 0 Å². The molecule has 0 bridgehead atoms. The first-order chi connectivity index (χ1) is 9.15. The second-order valence-electron chi connectivity index (χ2n) is 6.12. The molecule has 0 unspecified atom stereocenters. The van der Waals surface area contributed by atoms with Crippen molar-refractivity contribution in [2.45, 2.75) is 33.1 Å². The molecule has 2 heterocycles. The van der Waals surface area contributed by atoms with Crippen molar-refractivity contribution < 1.29 is 0 Å². The molecular formula is C16H34N3. The highest BCUT2D eigenvalue weighted by Crippen LogP contribution is 2.13. The summed E-state index contributed by atoms with van der Waals surface area (Å²) in [5.41, 5.74) is 0. The van der Waals surface area contributed by atoms with Gasteiger partial charge in [0.1, 0.15) is 0 Å². The lowest BCUT2D eigenvalue weighted by molar-refractivity contribution is 0.139. The van der Waals surface area contributed by atoms with Crippen LogP contribution in [0, 0.1) is 12.8 Å². The summed E-state index contributed by atoms with van der Waals surface area (Å²) in [7, 11) is 2.20. The first-order valence-corrected chi connectivity index (χ1v) is 8.08. The van der Waals surface area contributed by atoms with Crippen LogP contribution in [0.15, 0.2) is 0 Å². The van der Waals surface area contributed by atoms with E-state index in [1.165, 1.54) is 65.2 Å². The zero-order valence-corrected chi connectivity index (χ0v) is 13.4. The van der Waals surface area contributed by atoms with Gasteiger partial charge in [-0.25, -0.2) is 0 Å². The number of piperidine rings is 1. The fourth-order valence-corrected chi connectivity index (χ4v) is 2.69.